The summed E-state index contributed by atoms with van der Waals surface area (Å²) >= 11 is 0. The molecule has 1 aliphatic carbocycles. The molecule has 40 heavy (non-hydrogen) atoms. The number of cyclic esters (lactones) is 1. The molecule has 0 radical (unpaired) electrons. The van der Waals surface area contributed by atoms with Crippen molar-refractivity contribution in [2.75, 3.05) is 19.7 Å². The van der Waals surface area contributed by atoms with Crippen molar-refractivity contribution in [3.8, 4) is 0 Å². The van der Waals surface area contributed by atoms with E-state index in [4.69, 9.17) is 9.47 Å². The first-order valence-corrected chi connectivity index (χ1v) is 14.9. The molecule has 5 aliphatic rings. The van der Waals surface area contributed by atoms with Crippen LogP contribution in [0.3, 0.4) is 0 Å². The summed E-state index contributed by atoms with van der Waals surface area (Å²) in [5.41, 5.74) is -1.38. The number of hydrogen-bond donors (Lipinski definition) is 2. The van der Waals surface area contributed by atoms with Gasteiger partial charge in [0.25, 0.3) is 0 Å². The minimum absolute atomic E-state index is 0.0778. The van der Waals surface area contributed by atoms with E-state index in [0.717, 1.165) is 32.1 Å². The molecule has 5 rings (SSSR count). The highest BCUT2D eigenvalue weighted by atomic mass is 16.6. The van der Waals surface area contributed by atoms with E-state index in [1.807, 2.05) is 30.9 Å². The number of allylic oxidation sites excluding steroid dienone is 1. The zero-order chi connectivity index (χ0) is 28.6. The number of amides is 3. The van der Waals surface area contributed by atoms with Gasteiger partial charge in [-0.1, -0.05) is 57.4 Å². The van der Waals surface area contributed by atoms with E-state index >= 15 is 0 Å². The van der Waals surface area contributed by atoms with Crippen LogP contribution < -0.4 is 5.32 Å². The van der Waals surface area contributed by atoms with Crippen molar-refractivity contribution in [2.45, 2.75) is 102 Å². The predicted octanol–water partition coefficient (Wildman–Crippen LogP) is 1.71. The van der Waals surface area contributed by atoms with Gasteiger partial charge in [-0.05, 0) is 32.1 Å². The molecule has 1 spiro atoms. The standard InChI is InChI=1S/C30H43N3O7/c1-18(2)21(17-34)33-26-28(37)32(20-10-5-4-6-11-20)15-9-14-30(26)25(27(33)36)24-22(40-30)12-7-8-13-23(35)31-16-19(3)39-29(24)38/h7,9,12,14,18-22,24-26,34H,4-6,8,10-11,13,15-17H2,1-3H3,(H,31,35)/b12-7-/t19-,21+,22-,24+,25+,26-,30+/m1/s1. The molecule has 10 heteroatoms. The number of nitrogens with one attached hydrogen (secondary N) is 1. The Balaban J connectivity index is 1.59. The van der Waals surface area contributed by atoms with Crippen LogP contribution in [0.2, 0.25) is 0 Å². The number of hydrogen-bond acceptors (Lipinski definition) is 7. The van der Waals surface area contributed by atoms with Crippen LogP contribution in [-0.2, 0) is 28.7 Å². The molecule has 2 saturated heterocycles. The van der Waals surface area contributed by atoms with Crippen LogP contribution in [0.4, 0.5) is 0 Å². The maximum absolute atomic E-state index is 14.5. The van der Waals surface area contributed by atoms with E-state index in [1.165, 1.54) is 4.90 Å². The molecule has 0 aromatic carbocycles. The summed E-state index contributed by atoms with van der Waals surface area (Å²) < 4.78 is 12.5. The van der Waals surface area contributed by atoms with E-state index < -0.39 is 47.7 Å². The number of likely N-dealkylation sites (tertiary alicyclic amines) is 1. The highest BCUT2D eigenvalue weighted by molar-refractivity contribution is 5.99. The van der Waals surface area contributed by atoms with Crippen molar-refractivity contribution in [1.82, 2.24) is 15.1 Å². The Morgan fingerprint density at radius 3 is 2.55 bits per heavy atom. The summed E-state index contributed by atoms with van der Waals surface area (Å²) in [4.78, 5) is 58.2. The van der Waals surface area contributed by atoms with Gasteiger partial charge in [0.2, 0.25) is 17.7 Å². The van der Waals surface area contributed by atoms with Gasteiger partial charge in [-0.25, -0.2) is 0 Å². The van der Waals surface area contributed by atoms with E-state index in [2.05, 4.69) is 5.32 Å². The minimum Gasteiger partial charge on any atom is -0.460 e. The zero-order valence-corrected chi connectivity index (χ0v) is 23.8. The van der Waals surface area contributed by atoms with E-state index in [0.29, 0.717) is 13.0 Å². The first kappa shape index (κ1) is 28.8. The summed E-state index contributed by atoms with van der Waals surface area (Å²) in [6, 6.07) is -1.54. The molecular weight excluding hydrogens is 514 g/mol. The Morgan fingerprint density at radius 1 is 1.10 bits per heavy atom. The van der Waals surface area contributed by atoms with Gasteiger partial charge >= 0.3 is 5.97 Å². The largest absolute Gasteiger partial charge is 0.460 e. The molecular formula is C30H43N3O7. The fourth-order valence-electron chi connectivity index (χ4n) is 7.32. The number of carbonyl (C=O) groups excluding carboxylic acids is 4. The third-order valence-corrected chi connectivity index (χ3v) is 9.33. The summed E-state index contributed by atoms with van der Waals surface area (Å²) in [6.45, 7) is 5.79. The van der Waals surface area contributed by atoms with E-state index in [1.54, 1.807) is 19.1 Å². The van der Waals surface area contributed by atoms with Gasteiger partial charge in [-0.2, -0.15) is 0 Å². The number of esters is 1. The van der Waals surface area contributed by atoms with Crippen molar-refractivity contribution in [3.63, 3.8) is 0 Å². The van der Waals surface area contributed by atoms with Crippen molar-refractivity contribution in [3.05, 3.63) is 24.3 Å². The quantitative estimate of drug-likeness (QED) is 0.398. The Labute approximate surface area is 236 Å². The molecule has 0 unspecified atom stereocenters. The van der Waals surface area contributed by atoms with E-state index in [9.17, 15) is 24.3 Å². The Kier molecular flexibility index (Phi) is 8.38. The number of carbonyl (C=O) groups is 4. The number of rotatable bonds is 4. The third-order valence-electron chi connectivity index (χ3n) is 9.33. The molecule has 4 heterocycles. The monoisotopic (exact) mass is 557 g/mol. The summed E-state index contributed by atoms with van der Waals surface area (Å²) in [7, 11) is 0. The molecule has 0 aromatic heterocycles. The normalized spacial score (nSPS) is 37.1. The molecule has 0 aromatic rings. The maximum Gasteiger partial charge on any atom is 0.313 e. The van der Waals surface area contributed by atoms with Crippen molar-refractivity contribution in [2.24, 2.45) is 17.8 Å². The molecule has 220 valence electrons. The first-order chi connectivity index (χ1) is 19.2. The fraction of sp³-hybridized carbons (Fsp3) is 0.733. The zero-order valence-electron chi connectivity index (χ0n) is 23.8. The van der Waals surface area contributed by atoms with Crippen molar-refractivity contribution < 1.29 is 33.8 Å². The first-order valence-electron chi connectivity index (χ1n) is 14.9. The number of nitrogens with zero attached hydrogens (tertiary/aromatic N) is 2. The molecule has 10 nitrogen and oxygen atoms in total. The average Bonchev–Trinajstić information content (AvgIpc) is 3.31. The second-order valence-electron chi connectivity index (χ2n) is 12.3. The average molecular weight is 558 g/mol. The smallest absolute Gasteiger partial charge is 0.313 e. The molecule has 4 aliphatic heterocycles. The SMILES string of the molecule is CC(C)[C@H](CO)N1C(=O)[C@@H]2[C@H]3C(=O)O[C@H](C)CNC(=O)CC/C=C\[C@H]3O[C@@]23C=CCN(C2CCCCC2)C(=O)[C@@H]13. The Morgan fingerprint density at radius 2 is 1.85 bits per heavy atom. The maximum atomic E-state index is 14.5. The molecule has 2 N–H and O–H groups in total. The van der Waals surface area contributed by atoms with E-state index in [-0.39, 0.29) is 49.3 Å². The topological polar surface area (TPSA) is 125 Å². The van der Waals surface area contributed by atoms with Crippen LogP contribution >= 0.6 is 0 Å². The van der Waals surface area contributed by atoms with Gasteiger partial charge in [0, 0.05) is 19.0 Å². The summed E-state index contributed by atoms with van der Waals surface area (Å²) in [6.07, 6.45) is 11.7. The van der Waals surface area contributed by atoms with Gasteiger partial charge in [0.15, 0.2) is 0 Å². The third kappa shape index (κ3) is 4.98. The van der Waals surface area contributed by atoms with Crippen LogP contribution in [-0.4, -0.2) is 94.2 Å². The van der Waals surface area contributed by atoms with Gasteiger partial charge < -0.3 is 29.7 Å². The van der Waals surface area contributed by atoms with Gasteiger partial charge in [-0.3, -0.25) is 19.2 Å². The molecule has 3 fully saturated rings. The van der Waals surface area contributed by atoms with Crippen LogP contribution in [0.25, 0.3) is 0 Å². The lowest BCUT2D eigenvalue weighted by Gasteiger charge is -2.42. The lowest BCUT2D eigenvalue weighted by molar-refractivity contribution is -0.160. The molecule has 3 amide bonds. The van der Waals surface area contributed by atoms with Crippen LogP contribution in [0.5, 0.6) is 0 Å². The number of aliphatic hydroxyl groups is 1. The van der Waals surface area contributed by atoms with Crippen LogP contribution in [0.1, 0.15) is 65.7 Å². The second-order valence-corrected chi connectivity index (χ2v) is 12.3. The summed E-state index contributed by atoms with van der Waals surface area (Å²) in [5.74, 6) is -3.37. The highest BCUT2D eigenvalue weighted by Crippen LogP contribution is 2.54. The number of fused-ring (bicyclic) bond motifs is 2. The molecule has 0 bridgehead atoms. The van der Waals surface area contributed by atoms with Crippen molar-refractivity contribution >= 4 is 23.7 Å². The van der Waals surface area contributed by atoms with Crippen molar-refractivity contribution in [1.29, 1.82) is 0 Å². The summed E-state index contributed by atoms with van der Waals surface area (Å²) in [5, 5.41) is 13.2. The Hall–Kier alpha value is -2.72. The molecule has 7 atom stereocenters. The number of ether oxygens (including phenoxy) is 2. The minimum atomic E-state index is -1.38. The van der Waals surface area contributed by atoms with Gasteiger partial charge in [-0.15, -0.1) is 0 Å². The fourth-order valence-corrected chi connectivity index (χ4v) is 7.32. The van der Waals surface area contributed by atoms with Crippen LogP contribution in [0.15, 0.2) is 24.3 Å². The lowest BCUT2D eigenvalue weighted by Crippen LogP contribution is -2.60. The van der Waals surface area contributed by atoms with Crippen LogP contribution in [0, 0.1) is 17.8 Å². The molecule has 1 saturated carbocycles. The second kappa shape index (κ2) is 11.6. The van der Waals surface area contributed by atoms with Gasteiger partial charge in [0.1, 0.15) is 23.7 Å². The predicted molar refractivity (Wildman–Crippen MR) is 146 cm³/mol. The lowest BCUT2D eigenvalue weighted by atomic mass is 9.77. The highest BCUT2D eigenvalue weighted by Gasteiger charge is 2.72. The van der Waals surface area contributed by atoms with Gasteiger partial charge in [0.05, 0.1) is 31.2 Å². The number of aliphatic hydroxyl groups excluding tert-OH is 1. The Bertz CT molecular complexity index is 1070.